The van der Waals surface area contributed by atoms with Gasteiger partial charge in [0.05, 0.1) is 0 Å². The van der Waals surface area contributed by atoms with E-state index >= 15 is 0 Å². The molecule has 82 valence electrons. The van der Waals surface area contributed by atoms with Gasteiger partial charge >= 0.3 is 0 Å². The molecule has 1 amide bonds. The van der Waals surface area contributed by atoms with Crippen LogP contribution >= 0.6 is 11.6 Å². The average Bonchev–Trinajstić information content (AvgIpc) is 2.84. The van der Waals surface area contributed by atoms with Crippen LogP contribution in [0.25, 0.3) is 0 Å². The third-order valence-electron chi connectivity index (χ3n) is 2.64. The monoisotopic (exact) mass is 228 g/mol. The molecule has 0 N–H and O–H groups in total. The van der Waals surface area contributed by atoms with Crippen LogP contribution in [0.4, 0.5) is 0 Å². The van der Waals surface area contributed by atoms with E-state index in [9.17, 15) is 4.79 Å². The molecule has 5 heteroatoms. The molecule has 0 aliphatic carbocycles. The lowest BCUT2D eigenvalue weighted by Crippen LogP contribution is -2.29. The summed E-state index contributed by atoms with van der Waals surface area (Å²) in [5.41, 5.74) is 0.391. The number of aryl methyl sites for hydroxylation is 1. The van der Waals surface area contributed by atoms with E-state index in [4.69, 9.17) is 16.1 Å². The predicted octanol–water partition coefficient (Wildman–Crippen LogP) is 1.68. The van der Waals surface area contributed by atoms with Gasteiger partial charge in [0.15, 0.2) is 5.69 Å². The lowest BCUT2D eigenvalue weighted by Gasteiger charge is -2.13. The number of alkyl halides is 1. The van der Waals surface area contributed by atoms with Gasteiger partial charge in [0.2, 0.25) is 0 Å². The SMILES string of the molecule is Cc1cc(C(=O)N2CCC(CCl)C2)no1. The first-order chi connectivity index (χ1) is 7.20. The summed E-state index contributed by atoms with van der Waals surface area (Å²) in [6, 6.07) is 1.66. The van der Waals surface area contributed by atoms with Gasteiger partial charge in [-0.1, -0.05) is 5.16 Å². The van der Waals surface area contributed by atoms with Crippen molar-refractivity contribution in [3.8, 4) is 0 Å². The summed E-state index contributed by atoms with van der Waals surface area (Å²) in [7, 11) is 0. The Morgan fingerprint density at radius 3 is 3.13 bits per heavy atom. The van der Waals surface area contributed by atoms with E-state index in [1.807, 2.05) is 0 Å². The van der Waals surface area contributed by atoms with Gasteiger partial charge in [0, 0.05) is 25.0 Å². The van der Waals surface area contributed by atoms with Crippen molar-refractivity contribution in [1.29, 1.82) is 0 Å². The van der Waals surface area contributed by atoms with Crippen LogP contribution in [0.15, 0.2) is 10.6 Å². The number of carbonyl (C=O) groups excluding carboxylic acids is 1. The Bertz CT molecular complexity index is 364. The van der Waals surface area contributed by atoms with Crippen molar-refractivity contribution in [3.05, 3.63) is 17.5 Å². The molecule has 1 aliphatic heterocycles. The maximum atomic E-state index is 11.9. The zero-order chi connectivity index (χ0) is 10.8. The third kappa shape index (κ3) is 2.15. The van der Waals surface area contributed by atoms with Crippen molar-refractivity contribution in [1.82, 2.24) is 10.1 Å². The topological polar surface area (TPSA) is 46.3 Å². The van der Waals surface area contributed by atoms with Crippen LogP contribution in [0, 0.1) is 12.8 Å². The van der Waals surface area contributed by atoms with E-state index in [0.29, 0.717) is 23.3 Å². The molecule has 1 saturated heterocycles. The standard InChI is InChI=1S/C10H13ClN2O2/c1-7-4-9(12-15-7)10(14)13-3-2-8(5-11)6-13/h4,8H,2-3,5-6H2,1H3. The Balaban J connectivity index is 2.03. The highest BCUT2D eigenvalue weighted by Gasteiger charge is 2.27. The number of amides is 1. The summed E-state index contributed by atoms with van der Waals surface area (Å²) >= 11 is 5.76. The Kier molecular flexibility index (Phi) is 2.95. The molecule has 0 saturated carbocycles. The first-order valence-corrected chi connectivity index (χ1v) is 5.52. The summed E-state index contributed by atoms with van der Waals surface area (Å²) in [5, 5.41) is 3.71. The predicted molar refractivity (Wildman–Crippen MR) is 56.0 cm³/mol. The lowest BCUT2D eigenvalue weighted by atomic mass is 10.2. The minimum atomic E-state index is -0.0560. The van der Waals surface area contributed by atoms with Gasteiger partial charge in [-0.2, -0.15) is 0 Å². The van der Waals surface area contributed by atoms with Crippen LogP contribution in [0.2, 0.25) is 0 Å². The molecule has 1 unspecified atom stereocenters. The summed E-state index contributed by atoms with van der Waals surface area (Å²) in [4.78, 5) is 13.7. The zero-order valence-electron chi connectivity index (χ0n) is 8.57. The van der Waals surface area contributed by atoms with E-state index in [-0.39, 0.29) is 5.91 Å². The molecular weight excluding hydrogens is 216 g/mol. The largest absolute Gasteiger partial charge is 0.361 e. The van der Waals surface area contributed by atoms with Crippen LogP contribution in [0.3, 0.4) is 0 Å². The first kappa shape index (κ1) is 10.5. The Hall–Kier alpha value is -1.03. The number of halogens is 1. The average molecular weight is 229 g/mol. The minimum Gasteiger partial charge on any atom is -0.361 e. The molecule has 0 spiro atoms. The quantitative estimate of drug-likeness (QED) is 0.724. The molecule has 15 heavy (non-hydrogen) atoms. The highest BCUT2D eigenvalue weighted by molar-refractivity contribution is 6.18. The molecule has 1 fully saturated rings. The fraction of sp³-hybridized carbons (Fsp3) is 0.600. The van der Waals surface area contributed by atoms with Crippen LogP contribution in [-0.4, -0.2) is 34.9 Å². The van der Waals surface area contributed by atoms with Crippen LogP contribution in [-0.2, 0) is 0 Å². The Morgan fingerprint density at radius 2 is 2.60 bits per heavy atom. The van der Waals surface area contributed by atoms with Gasteiger partial charge < -0.3 is 9.42 Å². The molecule has 1 atom stereocenters. The number of rotatable bonds is 2. The van der Waals surface area contributed by atoms with E-state index < -0.39 is 0 Å². The van der Waals surface area contributed by atoms with Gasteiger partial charge in [0.1, 0.15) is 5.76 Å². The van der Waals surface area contributed by atoms with Crippen molar-refractivity contribution in [2.45, 2.75) is 13.3 Å². The second-order valence-electron chi connectivity index (χ2n) is 3.88. The Labute approximate surface area is 93.2 Å². The molecule has 1 aliphatic rings. The van der Waals surface area contributed by atoms with Crippen LogP contribution in [0.5, 0.6) is 0 Å². The maximum absolute atomic E-state index is 11.9. The van der Waals surface area contributed by atoms with Gasteiger partial charge in [-0.3, -0.25) is 4.79 Å². The van der Waals surface area contributed by atoms with Crippen LogP contribution < -0.4 is 0 Å². The fourth-order valence-electron chi connectivity index (χ4n) is 1.77. The number of nitrogens with zero attached hydrogens (tertiary/aromatic N) is 2. The van der Waals surface area contributed by atoms with E-state index in [0.717, 1.165) is 19.5 Å². The second-order valence-corrected chi connectivity index (χ2v) is 4.19. The van der Waals surface area contributed by atoms with Crippen molar-refractivity contribution in [3.63, 3.8) is 0 Å². The molecule has 0 bridgehead atoms. The number of carbonyl (C=O) groups is 1. The van der Waals surface area contributed by atoms with E-state index in [1.165, 1.54) is 0 Å². The molecule has 1 aromatic heterocycles. The maximum Gasteiger partial charge on any atom is 0.276 e. The summed E-state index contributed by atoms with van der Waals surface area (Å²) in [6.07, 6.45) is 0.978. The van der Waals surface area contributed by atoms with Gasteiger partial charge in [-0.25, -0.2) is 0 Å². The second kappa shape index (κ2) is 4.23. The van der Waals surface area contributed by atoms with Crippen molar-refractivity contribution >= 4 is 17.5 Å². The molecule has 2 rings (SSSR count). The summed E-state index contributed by atoms with van der Waals surface area (Å²) in [5.74, 6) is 1.64. The van der Waals surface area contributed by atoms with E-state index in [1.54, 1.807) is 17.9 Å². The van der Waals surface area contributed by atoms with E-state index in [2.05, 4.69) is 5.16 Å². The summed E-state index contributed by atoms with van der Waals surface area (Å²) in [6.45, 7) is 3.27. The highest BCUT2D eigenvalue weighted by atomic mass is 35.5. The molecular formula is C10H13ClN2O2. The molecule has 2 heterocycles. The van der Waals surface area contributed by atoms with Gasteiger partial charge in [-0.05, 0) is 19.3 Å². The third-order valence-corrected chi connectivity index (χ3v) is 3.07. The molecule has 0 radical (unpaired) electrons. The van der Waals surface area contributed by atoms with Gasteiger partial charge in [0.25, 0.3) is 5.91 Å². The zero-order valence-corrected chi connectivity index (χ0v) is 9.33. The van der Waals surface area contributed by atoms with Crippen molar-refractivity contribution < 1.29 is 9.32 Å². The number of aromatic nitrogens is 1. The van der Waals surface area contributed by atoms with Crippen molar-refractivity contribution in [2.75, 3.05) is 19.0 Å². The van der Waals surface area contributed by atoms with Crippen molar-refractivity contribution in [2.24, 2.45) is 5.92 Å². The van der Waals surface area contributed by atoms with Gasteiger partial charge in [-0.15, -0.1) is 11.6 Å². The first-order valence-electron chi connectivity index (χ1n) is 4.99. The lowest BCUT2D eigenvalue weighted by molar-refractivity contribution is 0.0778. The van der Waals surface area contributed by atoms with Crippen LogP contribution in [0.1, 0.15) is 22.7 Å². The molecule has 1 aromatic rings. The summed E-state index contributed by atoms with van der Waals surface area (Å²) < 4.78 is 4.87. The normalized spacial score (nSPS) is 20.9. The number of hydrogen-bond donors (Lipinski definition) is 0. The fourth-order valence-corrected chi connectivity index (χ4v) is 2.02. The molecule has 0 aromatic carbocycles. The molecule has 4 nitrogen and oxygen atoms in total. The smallest absolute Gasteiger partial charge is 0.276 e. The number of hydrogen-bond acceptors (Lipinski definition) is 3. The minimum absolute atomic E-state index is 0.0560. The highest BCUT2D eigenvalue weighted by Crippen LogP contribution is 2.19. The Morgan fingerprint density at radius 1 is 1.80 bits per heavy atom. The number of likely N-dealkylation sites (tertiary alicyclic amines) is 1.